The number of hydrogen-bond donors (Lipinski definition) is 3. The van der Waals surface area contributed by atoms with Crippen LogP contribution < -0.4 is 10.9 Å². The van der Waals surface area contributed by atoms with Crippen LogP contribution in [0.4, 0.5) is 4.79 Å². The van der Waals surface area contributed by atoms with Gasteiger partial charge in [0.1, 0.15) is 5.82 Å². The number of amides is 1. The standard InChI is InChI=1S/C17H18N4O4/c1-9(2)5-13(20-17(23)24)15-19-12-4-3-10(14-7-18-8-25-14)6-11(12)16(22)21-15/h3-4,6-9,13,20H,5H2,1-2H3,(H,23,24)(H,19,21,22). The number of aromatic nitrogens is 3. The summed E-state index contributed by atoms with van der Waals surface area (Å²) in [6.45, 7) is 3.94. The Morgan fingerprint density at radius 3 is 2.84 bits per heavy atom. The maximum atomic E-state index is 12.5. The first-order chi connectivity index (χ1) is 11.9. The maximum Gasteiger partial charge on any atom is 0.405 e. The predicted molar refractivity (Wildman–Crippen MR) is 91.2 cm³/mol. The lowest BCUT2D eigenvalue weighted by atomic mass is 10.0. The fourth-order valence-corrected chi connectivity index (χ4v) is 2.69. The van der Waals surface area contributed by atoms with Gasteiger partial charge in [-0.2, -0.15) is 0 Å². The average Bonchev–Trinajstić information content (AvgIpc) is 3.07. The summed E-state index contributed by atoms with van der Waals surface area (Å²) in [4.78, 5) is 34.5. The fourth-order valence-electron chi connectivity index (χ4n) is 2.69. The molecule has 3 N–H and O–H groups in total. The minimum Gasteiger partial charge on any atom is -0.465 e. The lowest BCUT2D eigenvalue weighted by Crippen LogP contribution is -2.30. The molecule has 0 aliphatic rings. The number of rotatable bonds is 5. The van der Waals surface area contributed by atoms with Crippen molar-refractivity contribution < 1.29 is 14.3 Å². The van der Waals surface area contributed by atoms with Crippen LogP contribution in [-0.2, 0) is 0 Å². The fraction of sp³-hybridized carbons (Fsp3) is 0.294. The molecule has 1 aromatic carbocycles. The predicted octanol–water partition coefficient (Wildman–Crippen LogP) is 2.93. The zero-order valence-electron chi connectivity index (χ0n) is 13.8. The van der Waals surface area contributed by atoms with Crippen LogP contribution >= 0.6 is 0 Å². The number of hydrogen-bond acceptors (Lipinski definition) is 5. The van der Waals surface area contributed by atoms with Crippen LogP contribution in [0.1, 0.15) is 32.1 Å². The van der Waals surface area contributed by atoms with E-state index >= 15 is 0 Å². The molecule has 0 radical (unpaired) electrons. The number of aromatic amines is 1. The van der Waals surface area contributed by atoms with Crippen LogP contribution in [0.2, 0.25) is 0 Å². The average molecular weight is 342 g/mol. The van der Waals surface area contributed by atoms with E-state index in [-0.39, 0.29) is 11.5 Å². The Morgan fingerprint density at radius 2 is 2.20 bits per heavy atom. The second-order valence-corrected chi connectivity index (χ2v) is 6.18. The molecule has 0 aliphatic carbocycles. The Hall–Kier alpha value is -3.16. The van der Waals surface area contributed by atoms with E-state index in [9.17, 15) is 9.59 Å². The Balaban J connectivity index is 2.05. The molecular weight excluding hydrogens is 324 g/mol. The van der Waals surface area contributed by atoms with Crippen LogP contribution in [0.5, 0.6) is 0 Å². The summed E-state index contributed by atoms with van der Waals surface area (Å²) in [7, 11) is 0. The van der Waals surface area contributed by atoms with Crippen LogP contribution in [0, 0.1) is 5.92 Å². The van der Waals surface area contributed by atoms with Crippen molar-refractivity contribution in [3.8, 4) is 11.3 Å². The molecule has 8 nitrogen and oxygen atoms in total. The monoisotopic (exact) mass is 342 g/mol. The molecule has 1 unspecified atom stereocenters. The summed E-state index contributed by atoms with van der Waals surface area (Å²) in [5.41, 5.74) is 0.873. The van der Waals surface area contributed by atoms with E-state index in [1.807, 2.05) is 13.8 Å². The van der Waals surface area contributed by atoms with Crippen molar-refractivity contribution in [2.75, 3.05) is 0 Å². The van der Waals surface area contributed by atoms with Crippen molar-refractivity contribution in [2.45, 2.75) is 26.3 Å². The van der Waals surface area contributed by atoms with Gasteiger partial charge in [0, 0.05) is 5.56 Å². The smallest absolute Gasteiger partial charge is 0.405 e. The molecule has 0 fully saturated rings. The third kappa shape index (κ3) is 3.68. The molecule has 3 rings (SSSR count). The van der Waals surface area contributed by atoms with E-state index in [0.29, 0.717) is 34.5 Å². The SMILES string of the molecule is CC(C)CC(NC(=O)O)c1nc2ccc(-c3cnco3)cc2c(=O)[nH]1. The Morgan fingerprint density at radius 1 is 1.40 bits per heavy atom. The molecule has 0 aliphatic heterocycles. The largest absolute Gasteiger partial charge is 0.465 e. The van der Waals surface area contributed by atoms with E-state index in [4.69, 9.17) is 9.52 Å². The van der Waals surface area contributed by atoms with Gasteiger partial charge in [0.15, 0.2) is 12.2 Å². The van der Waals surface area contributed by atoms with Gasteiger partial charge in [-0.15, -0.1) is 0 Å². The molecule has 0 saturated heterocycles. The second-order valence-electron chi connectivity index (χ2n) is 6.18. The molecule has 2 aromatic heterocycles. The number of fused-ring (bicyclic) bond motifs is 1. The third-order valence-electron chi connectivity index (χ3n) is 3.78. The molecule has 1 atom stereocenters. The number of oxazole rings is 1. The normalized spacial score (nSPS) is 12.4. The minimum absolute atomic E-state index is 0.228. The van der Waals surface area contributed by atoms with Crippen molar-refractivity contribution in [1.82, 2.24) is 20.3 Å². The van der Waals surface area contributed by atoms with Crippen LogP contribution in [0.25, 0.3) is 22.2 Å². The van der Waals surface area contributed by atoms with Crippen molar-refractivity contribution in [3.05, 3.63) is 47.0 Å². The van der Waals surface area contributed by atoms with Crippen LogP contribution in [0.15, 0.2) is 40.0 Å². The van der Waals surface area contributed by atoms with Gasteiger partial charge in [-0.1, -0.05) is 13.8 Å². The van der Waals surface area contributed by atoms with E-state index in [1.54, 1.807) is 24.4 Å². The summed E-state index contributed by atoms with van der Waals surface area (Å²) in [6.07, 6.45) is 2.25. The molecule has 25 heavy (non-hydrogen) atoms. The topological polar surface area (TPSA) is 121 Å². The summed E-state index contributed by atoms with van der Waals surface area (Å²) in [5, 5.41) is 11.8. The Labute approximate surface area is 142 Å². The molecule has 8 heteroatoms. The number of benzene rings is 1. The molecule has 2 heterocycles. The van der Waals surface area contributed by atoms with Gasteiger partial charge in [-0.05, 0) is 30.5 Å². The Kier molecular flexibility index (Phi) is 4.51. The first kappa shape index (κ1) is 16.7. The van der Waals surface area contributed by atoms with Gasteiger partial charge in [0.2, 0.25) is 0 Å². The highest BCUT2D eigenvalue weighted by molar-refractivity contribution is 5.82. The lowest BCUT2D eigenvalue weighted by molar-refractivity contribution is 0.187. The number of nitrogens with zero attached hydrogens (tertiary/aromatic N) is 2. The molecule has 3 aromatic rings. The van der Waals surface area contributed by atoms with Gasteiger partial charge in [0.25, 0.3) is 5.56 Å². The number of carbonyl (C=O) groups is 1. The van der Waals surface area contributed by atoms with E-state index in [1.165, 1.54) is 6.39 Å². The summed E-state index contributed by atoms with van der Waals surface area (Å²) < 4.78 is 5.24. The number of H-pyrrole nitrogens is 1. The number of nitrogens with one attached hydrogen (secondary N) is 2. The van der Waals surface area contributed by atoms with Gasteiger partial charge in [0.05, 0.1) is 23.1 Å². The van der Waals surface area contributed by atoms with Crippen LogP contribution in [0.3, 0.4) is 0 Å². The molecule has 130 valence electrons. The highest BCUT2D eigenvalue weighted by Gasteiger charge is 2.19. The minimum atomic E-state index is -1.16. The lowest BCUT2D eigenvalue weighted by Gasteiger charge is -2.18. The first-order valence-electron chi connectivity index (χ1n) is 7.86. The maximum absolute atomic E-state index is 12.5. The van der Waals surface area contributed by atoms with Crippen molar-refractivity contribution >= 4 is 17.0 Å². The highest BCUT2D eigenvalue weighted by Crippen LogP contribution is 2.23. The van der Waals surface area contributed by atoms with E-state index < -0.39 is 12.1 Å². The second kappa shape index (κ2) is 6.76. The summed E-state index contributed by atoms with van der Waals surface area (Å²) in [5.74, 6) is 1.09. The molecule has 0 spiro atoms. The van der Waals surface area contributed by atoms with E-state index in [0.717, 1.165) is 0 Å². The molecule has 0 bridgehead atoms. The Bertz CT molecular complexity index is 947. The molecule has 0 saturated carbocycles. The first-order valence-corrected chi connectivity index (χ1v) is 7.86. The van der Waals surface area contributed by atoms with Crippen LogP contribution in [-0.4, -0.2) is 26.2 Å². The van der Waals surface area contributed by atoms with Crippen molar-refractivity contribution in [1.29, 1.82) is 0 Å². The van der Waals surface area contributed by atoms with Gasteiger partial charge in [-0.25, -0.2) is 14.8 Å². The molecular formula is C17H18N4O4. The zero-order valence-corrected chi connectivity index (χ0v) is 13.8. The summed E-state index contributed by atoms with van der Waals surface area (Å²) in [6, 6.07) is 4.58. The highest BCUT2D eigenvalue weighted by atomic mass is 16.4. The number of carboxylic acid groups (broad SMARTS) is 1. The van der Waals surface area contributed by atoms with Crippen molar-refractivity contribution in [2.24, 2.45) is 5.92 Å². The quantitative estimate of drug-likeness (QED) is 0.655. The van der Waals surface area contributed by atoms with Crippen molar-refractivity contribution in [3.63, 3.8) is 0 Å². The van der Waals surface area contributed by atoms with Gasteiger partial charge < -0.3 is 19.8 Å². The van der Waals surface area contributed by atoms with Gasteiger partial charge >= 0.3 is 6.09 Å². The summed E-state index contributed by atoms with van der Waals surface area (Å²) >= 11 is 0. The third-order valence-corrected chi connectivity index (χ3v) is 3.78. The molecule has 1 amide bonds. The van der Waals surface area contributed by atoms with E-state index in [2.05, 4.69) is 20.3 Å². The van der Waals surface area contributed by atoms with Gasteiger partial charge in [-0.3, -0.25) is 4.79 Å². The zero-order chi connectivity index (χ0) is 18.0.